The normalized spacial score (nSPS) is 16.8. The topological polar surface area (TPSA) is 60.9 Å². The monoisotopic (exact) mass is 434 g/mol. The fourth-order valence-corrected chi connectivity index (χ4v) is 4.35. The Labute approximate surface area is 184 Å². The molecule has 4 heterocycles. The van der Waals surface area contributed by atoms with E-state index in [0.717, 1.165) is 28.9 Å². The molecule has 1 aliphatic rings. The summed E-state index contributed by atoms with van der Waals surface area (Å²) in [6.07, 6.45) is 9.15. The maximum Gasteiger partial charge on any atom is 0.137 e. The summed E-state index contributed by atoms with van der Waals surface area (Å²) < 4.78 is 14.4. The molecule has 5 rings (SSSR count). The first kappa shape index (κ1) is 19.7. The number of nitrogens with zero attached hydrogens (tertiary/aromatic N) is 5. The van der Waals surface area contributed by atoms with E-state index in [1.54, 1.807) is 30.7 Å². The van der Waals surface area contributed by atoms with Crippen molar-refractivity contribution in [2.45, 2.75) is 13.0 Å². The number of fused-ring (bicyclic) bond motifs is 1. The quantitative estimate of drug-likeness (QED) is 0.485. The average Bonchev–Trinajstić information content (AvgIpc) is 3.34. The zero-order chi connectivity index (χ0) is 21.5. The van der Waals surface area contributed by atoms with Crippen LogP contribution in [0, 0.1) is 5.82 Å². The highest BCUT2D eigenvalue weighted by Gasteiger charge is 2.31. The molecule has 1 aliphatic heterocycles. The van der Waals surface area contributed by atoms with Gasteiger partial charge < -0.3 is 9.99 Å². The molecule has 0 saturated carbocycles. The van der Waals surface area contributed by atoms with Gasteiger partial charge in [-0.1, -0.05) is 17.7 Å². The van der Waals surface area contributed by atoms with Crippen LogP contribution in [0.3, 0.4) is 0 Å². The van der Waals surface area contributed by atoms with Crippen molar-refractivity contribution in [2.75, 3.05) is 13.6 Å². The lowest BCUT2D eigenvalue weighted by molar-refractivity contribution is 0.0595. The van der Waals surface area contributed by atoms with E-state index in [4.69, 9.17) is 11.6 Å². The molecular weight excluding hydrogens is 415 g/mol. The number of hydrogen-bond donors (Lipinski definition) is 1. The second-order valence-corrected chi connectivity index (χ2v) is 7.77. The predicted molar refractivity (Wildman–Crippen MR) is 119 cm³/mol. The van der Waals surface area contributed by atoms with Gasteiger partial charge in [-0.25, -0.2) is 14.4 Å². The van der Waals surface area contributed by atoms with Crippen LogP contribution in [0.25, 0.3) is 28.0 Å². The van der Waals surface area contributed by atoms with Crippen molar-refractivity contribution in [3.63, 3.8) is 0 Å². The van der Waals surface area contributed by atoms with Crippen molar-refractivity contribution in [3.05, 3.63) is 83.3 Å². The van der Waals surface area contributed by atoms with E-state index < -0.39 is 0 Å². The van der Waals surface area contributed by atoms with Gasteiger partial charge >= 0.3 is 0 Å². The maximum atomic E-state index is 14.4. The summed E-state index contributed by atoms with van der Waals surface area (Å²) >= 11 is 6.24. The van der Waals surface area contributed by atoms with Gasteiger partial charge in [0.05, 0.1) is 39.9 Å². The van der Waals surface area contributed by atoms with Crippen molar-refractivity contribution < 1.29 is 4.39 Å². The summed E-state index contributed by atoms with van der Waals surface area (Å²) in [7, 11) is 2.03. The molecule has 0 fully saturated rings. The molecule has 0 spiro atoms. The van der Waals surface area contributed by atoms with Crippen molar-refractivity contribution >= 4 is 28.3 Å². The van der Waals surface area contributed by atoms with Gasteiger partial charge in [-0.3, -0.25) is 9.97 Å². The van der Waals surface area contributed by atoms with Crippen LogP contribution in [0.15, 0.2) is 61.2 Å². The molecule has 156 valence electrons. The largest absolute Gasteiger partial charge is 0.339 e. The lowest BCUT2D eigenvalue weighted by atomic mass is 10.1. The number of likely N-dealkylation sites (N-methyl/N-ethyl adjacent to an activating group) is 1. The van der Waals surface area contributed by atoms with E-state index in [1.165, 1.54) is 6.07 Å². The van der Waals surface area contributed by atoms with Gasteiger partial charge in [-0.05, 0) is 37.3 Å². The number of hydrazine groups is 1. The highest BCUT2D eigenvalue weighted by molar-refractivity contribution is 6.33. The summed E-state index contributed by atoms with van der Waals surface area (Å²) in [5.74, 6) is -0.372. The molecule has 0 bridgehead atoms. The number of aromatic amines is 1. The third-order valence-electron chi connectivity index (χ3n) is 5.56. The predicted octanol–water partition coefficient (Wildman–Crippen LogP) is 5.08. The van der Waals surface area contributed by atoms with E-state index in [-0.39, 0.29) is 11.9 Å². The van der Waals surface area contributed by atoms with Crippen LogP contribution in [0.2, 0.25) is 5.02 Å². The molecule has 0 aliphatic carbocycles. The van der Waals surface area contributed by atoms with Crippen LogP contribution in [0.4, 0.5) is 4.39 Å². The zero-order valence-electron chi connectivity index (χ0n) is 17.0. The second-order valence-electron chi connectivity index (χ2n) is 7.36. The summed E-state index contributed by atoms with van der Waals surface area (Å²) in [6.45, 7) is 2.89. The lowest BCUT2D eigenvalue weighted by Crippen LogP contribution is -2.35. The first-order valence-corrected chi connectivity index (χ1v) is 10.4. The zero-order valence-corrected chi connectivity index (χ0v) is 17.8. The Bertz CT molecular complexity index is 1270. The molecule has 1 aromatic carbocycles. The van der Waals surface area contributed by atoms with Gasteiger partial charge in [-0.15, -0.1) is 0 Å². The van der Waals surface area contributed by atoms with Gasteiger partial charge in [-0.2, -0.15) is 0 Å². The Kier molecular flexibility index (Phi) is 4.92. The number of nitrogens with one attached hydrogen (secondary N) is 1. The summed E-state index contributed by atoms with van der Waals surface area (Å²) in [5.41, 5.74) is 4.52. The van der Waals surface area contributed by atoms with Crippen LogP contribution >= 0.6 is 11.6 Å². The Morgan fingerprint density at radius 3 is 2.77 bits per heavy atom. The number of hydrogen-bond acceptors (Lipinski definition) is 5. The SMILES string of the molecule is CCN1C(c2cnc3[nH]c(-c4c(F)cccc4Cl)cc3c2)=CC(c2cnccn2)N1C. The standard InChI is InChI=1S/C23H20ClFN6/c1-3-31-20(11-21(30(31)2)19-13-26-7-8-27-19)15-9-14-10-18(29-23(14)28-12-15)22-16(24)5-4-6-17(22)25/h4-13,21H,3H2,1-2H3,(H,28,29). The number of H-pyrrole nitrogens is 1. The van der Waals surface area contributed by atoms with Gasteiger partial charge in [0, 0.05) is 43.1 Å². The molecular formula is C23H20ClFN6. The fourth-order valence-electron chi connectivity index (χ4n) is 4.09. The molecule has 0 saturated heterocycles. The molecule has 3 aromatic heterocycles. The molecule has 0 radical (unpaired) electrons. The van der Waals surface area contributed by atoms with Crippen molar-refractivity contribution in [2.24, 2.45) is 0 Å². The van der Waals surface area contributed by atoms with Crippen LogP contribution < -0.4 is 0 Å². The van der Waals surface area contributed by atoms with Crippen LogP contribution in [0.1, 0.15) is 24.2 Å². The lowest BCUT2D eigenvalue weighted by Gasteiger charge is -2.31. The average molecular weight is 435 g/mol. The van der Waals surface area contributed by atoms with E-state index in [0.29, 0.717) is 21.9 Å². The molecule has 8 heteroatoms. The van der Waals surface area contributed by atoms with Crippen molar-refractivity contribution in [1.82, 2.24) is 30.0 Å². The van der Waals surface area contributed by atoms with Gasteiger partial charge in [0.1, 0.15) is 11.5 Å². The minimum Gasteiger partial charge on any atom is -0.339 e. The van der Waals surface area contributed by atoms with Gasteiger partial charge in [0.15, 0.2) is 0 Å². The van der Waals surface area contributed by atoms with Crippen LogP contribution in [-0.2, 0) is 0 Å². The third kappa shape index (κ3) is 3.36. The van der Waals surface area contributed by atoms with E-state index in [2.05, 4.69) is 49.0 Å². The highest BCUT2D eigenvalue weighted by Crippen LogP contribution is 2.37. The first-order chi connectivity index (χ1) is 15.1. The third-order valence-corrected chi connectivity index (χ3v) is 5.88. The number of halogens is 2. The number of pyridine rings is 1. The second kappa shape index (κ2) is 7.76. The summed E-state index contributed by atoms with van der Waals surface area (Å²) in [5, 5.41) is 5.57. The van der Waals surface area contributed by atoms with Gasteiger partial charge in [0.25, 0.3) is 0 Å². The van der Waals surface area contributed by atoms with Crippen molar-refractivity contribution in [1.29, 1.82) is 0 Å². The highest BCUT2D eigenvalue weighted by atomic mass is 35.5. The maximum absolute atomic E-state index is 14.4. The summed E-state index contributed by atoms with van der Waals surface area (Å²) in [4.78, 5) is 16.4. The summed E-state index contributed by atoms with van der Waals surface area (Å²) in [6, 6.07) is 8.59. The minimum atomic E-state index is -0.372. The van der Waals surface area contributed by atoms with Gasteiger partial charge in [0.2, 0.25) is 0 Å². The minimum absolute atomic E-state index is 0.0154. The molecule has 31 heavy (non-hydrogen) atoms. The Morgan fingerprint density at radius 1 is 1.16 bits per heavy atom. The van der Waals surface area contributed by atoms with E-state index in [9.17, 15) is 4.39 Å². The molecule has 4 aromatic rings. The number of benzene rings is 1. The Morgan fingerprint density at radius 2 is 2.03 bits per heavy atom. The molecule has 1 N–H and O–H groups in total. The first-order valence-electron chi connectivity index (χ1n) is 9.98. The Hall–Kier alpha value is -3.29. The van der Waals surface area contributed by atoms with Crippen LogP contribution in [0.5, 0.6) is 0 Å². The molecule has 0 amide bonds. The Balaban J connectivity index is 1.57. The fraction of sp³-hybridized carbons (Fsp3) is 0.174. The number of aromatic nitrogens is 4. The molecule has 1 unspecified atom stereocenters. The molecule has 1 atom stereocenters. The number of rotatable bonds is 4. The van der Waals surface area contributed by atoms with E-state index in [1.807, 2.05) is 19.3 Å². The van der Waals surface area contributed by atoms with Crippen LogP contribution in [-0.4, -0.2) is 43.5 Å². The van der Waals surface area contributed by atoms with E-state index >= 15 is 0 Å². The molecule has 6 nitrogen and oxygen atoms in total. The van der Waals surface area contributed by atoms with Crippen molar-refractivity contribution in [3.8, 4) is 11.3 Å². The smallest absolute Gasteiger partial charge is 0.137 e.